The zero-order valence-electron chi connectivity index (χ0n) is 18.9. The van der Waals surface area contributed by atoms with Crippen LogP contribution in [0.1, 0.15) is 78.4 Å². The molecule has 0 fully saturated rings. The lowest BCUT2D eigenvalue weighted by Crippen LogP contribution is -2.39. The van der Waals surface area contributed by atoms with E-state index in [1.165, 1.54) is 5.56 Å². The van der Waals surface area contributed by atoms with Gasteiger partial charge in [-0.05, 0) is 69.1 Å². The number of aliphatic carboxylic acids is 1. The van der Waals surface area contributed by atoms with Crippen LogP contribution in [-0.4, -0.2) is 29.3 Å². The molecule has 0 spiro atoms. The van der Waals surface area contributed by atoms with Crippen molar-refractivity contribution in [3.63, 3.8) is 0 Å². The molecule has 0 aromatic heterocycles. The molecular formula is C23H38N2O4. The second-order valence-corrected chi connectivity index (χ2v) is 9.71. The summed E-state index contributed by atoms with van der Waals surface area (Å²) in [6.07, 6.45) is 3.77. The summed E-state index contributed by atoms with van der Waals surface area (Å²) in [6.45, 7) is 13.2. The van der Waals surface area contributed by atoms with Gasteiger partial charge in [-0.15, -0.1) is 0 Å². The zero-order chi connectivity index (χ0) is 22.2. The van der Waals surface area contributed by atoms with Crippen LogP contribution >= 0.6 is 0 Å². The number of aryl methyl sites for hydroxylation is 1. The van der Waals surface area contributed by atoms with Crippen LogP contribution in [0.25, 0.3) is 0 Å². The van der Waals surface area contributed by atoms with Crippen molar-refractivity contribution < 1.29 is 19.4 Å². The molecule has 1 aliphatic rings. The fraction of sp³-hybridized carbons (Fsp3) is 0.652. The number of fused-ring (bicyclic) bond motifs is 1. The van der Waals surface area contributed by atoms with Gasteiger partial charge in [-0.25, -0.2) is 4.79 Å². The van der Waals surface area contributed by atoms with Crippen LogP contribution in [0.2, 0.25) is 0 Å². The molecule has 29 heavy (non-hydrogen) atoms. The summed E-state index contributed by atoms with van der Waals surface area (Å²) in [5.41, 5.74) is 8.65. The molecule has 1 amide bonds. The largest absolute Gasteiger partial charge is 0.481 e. The molecule has 3 N–H and O–H groups in total. The van der Waals surface area contributed by atoms with E-state index < -0.39 is 11.6 Å². The predicted molar refractivity (Wildman–Crippen MR) is 117 cm³/mol. The Labute approximate surface area is 175 Å². The highest BCUT2D eigenvalue weighted by molar-refractivity contribution is 5.89. The fourth-order valence-electron chi connectivity index (χ4n) is 3.02. The molecule has 0 saturated carbocycles. The number of ether oxygens (including phenoxy) is 1. The Hall–Kier alpha value is -2.08. The van der Waals surface area contributed by atoms with Crippen molar-refractivity contribution in [1.82, 2.24) is 0 Å². The molecule has 0 bridgehead atoms. The van der Waals surface area contributed by atoms with E-state index in [1.54, 1.807) is 4.90 Å². The third-order valence-electron chi connectivity index (χ3n) is 4.44. The van der Waals surface area contributed by atoms with Gasteiger partial charge in [-0.1, -0.05) is 32.9 Å². The predicted octanol–water partition coefficient (Wildman–Crippen LogP) is 5.12. The van der Waals surface area contributed by atoms with Crippen LogP contribution in [0.5, 0.6) is 0 Å². The number of carboxylic acids is 1. The highest BCUT2D eigenvalue weighted by Gasteiger charge is 2.27. The van der Waals surface area contributed by atoms with E-state index in [-0.39, 0.29) is 11.5 Å². The maximum Gasteiger partial charge on any atom is 0.414 e. The minimum absolute atomic E-state index is 0.273. The van der Waals surface area contributed by atoms with Crippen molar-refractivity contribution in [3.05, 3.63) is 29.3 Å². The Bertz CT molecular complexity index is 687. The summed E-state index contributed by atoms with van der Waals surface area (Å²) >= 11 is 0. The van der Waals surface area contributed by atoms with Gasteiger partial charge in [0.2, 0.25) is 0 Å². The number of hydrogen-bond acceptors (Lipinski definition) is 4. The van der Waals surface area contributed by atoms with E-state index in [4.69, 9.17) is 15.6 Å². The number of nitrogens with zero attached hydrogens (tertiary/aromatic N) is 1. The van der Waals surface area contributed by atoms with Gasteiger partial charge in [0.25, 0.3) is 0 Å². The first-order valence-corrected chi connectivity index (χ1v) is 10.4. The quantitative estimate of drug-likeness (QED) is 0.724. The number of benzene rings is 1. The lowest BCUT2D eigenvalue weighted by atomic mass is 9.90. The van der Waals surface area contributed by atoms with E-state index in [2.05, 4.69) is 26.8 Å². The number of rotatable bonds is 4. The maximum absolute atomic E-state index is 12.2. The molecule has 164 valence electrons. The molecular weight excluding hydrogens is 368 g/mol. The SMILES string of the molecule is CC(C)(C)CCCC(=O)O.CC(C)(C)OC(=O)N1CCCc2ccc(CN)cc21. The van der Waals surface area contributed by atoms with E-state index in [0.29, 0.717) is 19.5 Å². The van der Waals surface area contributed by atoms with Crippen LogP contribution in [-0.2, 0) is 22.5 Å². The normalized spacial score (nSPS) is 13.8. The van der Waals surface area contributed by atoms with Crippen LogP contribution in [0, 0.1) is 5.41 Å². The van der Waals surface area contributed by atoms with Crippen molar-refractivity contribution in [2.75, 3.05) is 11.4 Å². The molecule has 0 radical (unpaired) electrons. The average Bonchev–Trinajstić information content (AvgIpc) is 2.58. The van der Waals surface area contributed by atoms with Crippen molar-refractivity contribution in [2.24, 2.45) is 11.1 Å². The Morgan fingerprint density at radius 3 is 2.34 bits per heavy atom. The molecule has 6 heteroatoms. The molecule has 0 unspecified atom stereocenters. The minimum Gasteiger partial charge on any atom is -0.481 e. The lowest BCUT2D eigenvalue weighted by molar-refractivity contribution is -0.137. The number of hydrogen-bond donors (Lipinski definition) is 2. The summed E-state index contributed by atoms with van der Waals surface area (Å²) in [7, 11) is 0. The smallest absolute Gasteiger partial charge is 0.414 e. The molecule has 2 rings (SSSR count). The summed E-state index contributed by atoms with van der Waals surface area (Å²) in [4.78, 5) is 24.1. The number of carboxylic acid groups (broad SMARTS) is 1. The Kier molecular flexibility index (Phi) is 9.14. The van der Waals surface area contributed by atoms with Gasteiger partial charge in [0, 0.05) is 19.5 Å². The van der Waals surface area contributed by atoms with Crippen molar-refractivity contribution in [1.29, 1.82) is 0 Å². The van der Waals surface area contributed by atoms with Gasteiger partial charge in [0.15, 0.2) is 0 Å². The Morgan fingerprint density at radius 1 is 1.17 bits per heavy atom. The van der Waals surface area contributed by atoms with E-state index in [0.717, 1.165) is 36.9 Å². The number of carbonyl (C=O) groups excluding carboxylic acids is 1. The second-order valence-electron chi connectivity index (χ2n) is 9.71. The van der Waals surface area contributed by atoms with Crippen LogP contribution in [0.4, 0.5) is 10.5 Å². The van der Waals surface area contributed by atoms with E-state index >= 15 is 0 Å². The number of carbonyl (C=O) groups is 2. The van der Waals surface area contributed by atoms with Gasteiger partial charge in [0.05, 0.1) is 5.69 Å². The molecule has 0 aliphatic carbocycles. The van der Waals surface area contributed by atoms with Gasteiger partial charge in [-0.3, -0.25) is 9.69 Å². The third kappa shape index (κ3) is 9.79. The maximum atomic E-state index is 12.2. The molecule has 6 nitrogen and oxygen atoms in total. The topological polar surface area (TPSA) is 92.9 Å². The van der Waals surface area contributed by atoms with Crippen LogP contribution in [0.3, 0.4) is 0 Å². The molecule has 1 aromatic rings. The van der Waals surface area contributed by atoms with Crippen LogP contribution in [0.15, 0.2) is 18.2 Å². The first-order valence-electron chi connectivity index (χ1n) is 10.4. The summed E-state index contributed by atoms with van der Waals surface area (Å²) in [5, 5.41) is 8.31. The van der Waals surface area contributed by atoms with E-state index in [9.17, 15) is 9.59 Å². The summed E-state index contributed by atoms with van der Waals surface area (Å²) < 4.78 is 5.46. The van der Waals surface area contributed by atoms with Gasteiger partial charge in [0.1, 0.15) is 5.60 Å². The number of amides is 1. The first kappa shape index (κ1) is 25.0. The Morgan fingerprint density at radius 2 is 1.83 bits per heavy atom. The summed E-state index contributed by atoms with van der Waals surface area (Å²) in [5.74, 6) is -0.691. The molecule has 1 aromatic carbocycles. The third-order valence-corrected chi connectivity index (χ3v) is 4.44. The molecule has 1 heterocycles. The Balaban J connectivity index is 0.000000359. The van der Waals surface area contributed by atoms with Gasteiger partial charge in [-0.2, -0.15) is 0 Å². The number of anilines is 1. The number of nitrogens with two attached hydrogens (primary N) is 1. The fourth-order valence-corrected chi connectivity index (χ4v) is 3.02. The monoisotopic (exact) mass is 406 g/mol. The van der Waals surface area contributed by atoms with Gasteiger partial charge >= 0.3 is 12.1 Å². The highest BCUT2D eigenvalue weighted by Crippen LogP contribution is 2.29. The van der Waals surface area contributed by atoms with E-state index in [1.807, 2.05) is 32.9 Å². The lowest BCUT2D eigenvalue weighted by Gasteiger charge is -2.32. The minimum atomic E-state index is -0.691. The van der Waals surface area contributed by atoms with Crippen molar-refractivity contribution >= 4 is 17.7 Å². The zero-order valence-corrected chi connectivity index (χ0v) is 18.9. The average molecular weight is 407 g/mol. The standard InChI is InChI=1S/C15H22N2O2.C8H16O2/c1-15(2,3)19-14(18)17-8-4-5-12-7-6-11(10-16)9-13(12)17;1-8(2,3)6-4-5-7(9)10/h6-7,9H,4-5,8,10,16H2,1-3H3;4-6H2,1-3H3,(H,9,10). The van der Waals surface area contributed by atoms with Crippen LogP contribution < -0.4 is 10.6 Å². The van der Waals surface area contributed by atoms with Gasteiger partial charge < -0.3 is 15.6 Å². The second kappa shape index (κ2) is 10.6. The summed E-state index contributed by atoms with van der Waals surface area (Å²) in [6, 6.07) is 6.09. The molecule has 0 saturated heterocycles. The highest BCUT2D eigenvalue weighted by atomic mass is 16.6. The van der Waals surface area contributed by atoms with Crippen molar-refractivity contribution in [3.8, 4) is 0 Å². The first-order chi connectivity index (χ1) is 13.3. The molecule has 0 atom stereocenters. The van der Waals surface area contributed by atoms with Crippen molar-refractivity contribution in [2.45, 2.75) is 85.8 Å². The molecule has 1 aliphatic heterocycles.